The van der Waals surface area contributed by atoms with Crippen molar-refractivity contribution in [2.24, 2.45) is 35.5 Å². The van der Waals surface area contributed by atoms with Gasteiger partial charge in [-0.05, 0) is 0 Å². The molecule has 0 radical (unpaired) electrons. The number of likely N-dealkylation sites (tertiary alicyclic amines) is 2. The standard InChI is InChI=1S/C18H18N2O8/c21-9(22)3-5-19-15(25)11-7-1-2-8(13(11)17(19)27)14-12(7)16(26)20(18(14)28)6-4-10(23)24/h1-2,7-8,11-14H,3-6H2,(H,21,22)(H,23,24)/p-2/t7?,8?,11-,12-,13-,14+/m1/s1. The Bertz CT molecular complexity index is 737. The number of carbonyl (C=O) groups is 6. The number of carboxylic acid groups (broad SMARTS) is 2. The summed E-state index contributed by atoms with van der Waals surface area (Å²) in [4.78, 5) is 74.3. The molecule has 0 aromatic carbocycles. The highest BCUT2D eigenvalue weighted by molar-refractivity contribution is 6.11. The molecule has 10 heteroatoms. The minimum absolute atomic E-state index is 0.304. The van der Waals surface area contributed by atoms with Crippen LogP contribution in [0.2, 0.25) is 0 Å². The van der Waals surface area contributed by atoms with Gasteiger partial charge in [-0.15, -0.1) is 0 Å². The molecule has 4 amide bonds. The van der Waals surface area contributed by atoms with Gasteiger partial charge in [0.2, 0.25) is 23.6 Å². The second-order valence-corrected chi connectivity index (χ2v) is 7.54. The molecule has 2 heterocycles. The molecule has 2 aliphatic heterocycles. The molecule has 2 saturated heterocycles. The number of hydrogen-bond acceptors (Lipinski definition) is 8. The first-order chi connectivity index (χ1) is 13.2. The van der Waals surface area contributed by atoms with Crippen LogP contribution in [-0.2, 0) is 28.8 Å². The van der Waals surface area contributed by atoms with Crippen molar-refractivity contribution < 1.29 is 39.0 Å². The van der Waals surface area contributed by atoms with Crippen molar-refractivity contribution >= 4 is 35.6 Å². The lowest BCUT2D eigenvalue weighted by Crippen LogP contribution is -2.50. The first-order valence-corrected chi connectivity index (χ1v) is 9.02. The molecule has 2 unspecified atom stereocenters. The lowest BCUT2D eigenvalue weighted by Gasteiger charge is -2.44. The van der Waals surface area contributed by atoms with E-state index in [0.29, 0.717) is 0 Å². The van der Waals surface area contributed by atoms with Crippen molar-refractivity contribution in [3.8, 4) is 0 Å². The average molecular weight is 388 g/mol. The van der Waals surface area contributed by atoms with E-state index in [9.17, 15) is 39.0 Å². The molecule has 28 heavy (non-hydrogen) atoms. The summed E-state index contributed by atoms with van der Waals surface area (Å²) >= 11 is 0. The van der Waals surface area contributed by atoms with Gasteiger partial charge in [-0.1, -0.05) is 12.2 Å². The molecule has 2 bridgehead atoms. The highest BCUT2D eigenvalue weighted by Gasteiger charge is 2.68. The summed E-state index contributed by atoms with van der Waals surface area (Å²) < 4.78 is 0. The van der Waals surface area contributed by atoms with Gasteiger partial charge in [0, 0.05) is 49.7 Å². The molecule has 6 atom stereocenters. The van der Waals surface area contributed by atoms with Crippen LogP contribution in [0.3, 0.4) is 0 Å². The number of nitrogens with zero attached hydrogens (tertiary/aromatic N) is 2. The van der Waals surface area contributed by atoms with Crippen LogP contribution in [0.15, 0.2) is 12.2 Å². The Labute approximate surface area is 158 Å². The number of carbonyl (C=O) groups excluding carboxylic acids is 6. The van der Waals surface area contributed by atoms with Gasteiger partial charge in [-0.25, -0.2) is 0 Å². The minimum atomic E-state index is -1.39. The number of amides is 4. The van der Waals surface area contributed by atoms with Crippen LogP contribution in [0.4, 0.5) is 0 Å². The van der Waals surface area contributed by atoms with Gasteiger partial charge in [0.25, 0.3) is 0 Å². The fraction of sp³-hybridized carbons (Fsp3) is 0.556. The van der Waals surface area contributed by atoms with Crippen LogP contribution in [0.1, 0.15) is 12.8 Å². The zero-order chi connectivity index (χ0) is 20.3. The maximum atomic E-state index is 12.8. The Morgan fingerprint density at radius 3 is 1.21 bits per heavy atom. The Kier molecular flexibility index (Phi) is 4.09. The molecule has 3 aliphatic carbocycles. The van der Waals surface area contributed by atoms with Crippen molar-refractivity contribution in [2.45, 2.75) is 12.8 Å². The summed E-state index contributed by atoms with van der Waals surface area (Å²) in [5, 5.41) is 21.4. The lowest BCUT2D eigenvalue weighted by molar-refractivity contribution is -0.307. The molecule has 0 aromatic rings. The Morgan fingerprint density at radius 2 is 0.964 bits per heavy atom. The van der Waals surface area contributed by atoms with E-state index in [-0.39, 0.29) is 13.1 Å². The lowest BCUT2D eigenvalue weighted by atomic mass is 9.54. The van der Waals surface area contributed by atoms with Gasteiger partial charge in [-0.3, -0.25) is 29.0 Å². The first-order valence-electron chi connectivity index (χ1n) is 9.02. The summed E-state index contributed by atoms with van der Waals surface area (Å²) in [6.07, 6.45) is 2.38. The predicted molar refractivity (Wildman–Crippen MR) is 82.8 cm³/mol. The molecule has 5 rings (SSSR count). The van der Waals surface area contributed by atoms with E-state index in [1.165, 1.54) is 0 Å². The van der Waals surface area contributed by atoms with Gasteiger partial charge in [-0.2, -0.15) is 0 Å². The van der Waals surface area contributed by atoms with Crippen molar-refractivity contribution in [3.63, 3.8) is 0 Å². The zero-order valence-electron chi connectivity index (χ0n) is 14.6. The fourth-order valence-corrected chi connectivity index (χ4v) is 5.20. The number of imide groups is 2. The minimum Gasteiger partial charge on any atom is -0.550 e. The third-order valence-electron chi connectivity index (χ3n) is 6.27. The summed E-state index contributed by atoms with van der Waals surface area (Å²) in [6.45, 7) is -0.608. The number of hydrogen-bond donors (Lipinski definition) is 0. The summed E-state index contributed by atoms with van der Waals surface area (Å²) in [5.74, 6) is -9.51. The average Bonchev–Trinajstić information content (AvgIpc) is 3.06. The van der Waals surface area contributed by atoms with Gasteiger partial charge >= 0.3 is 0 Å². The molecule has 3 fully saturated rings. The van der Waals surface area contributed by atoms with Gasteiger partial charge in [0.15, 0.2) is 0 Å². The molecular formula is C18H16N2O8-2. The monoisotopic (exact) mass is 388 g/mol. The Balaban J connectivity index is 1.63. The number of carboxylic acids is 2. The maximum Gasteiger partial charge on any atom is 0.233 e. The quantitative estimate of drug-likeness (QED) is 0.332. The SMILES string of the molecule is O=C([O-])CCN1C(=O)[C@@H]2C3C=CC([C@H]2C1=O)[C@@H]1C(=O)N(CCC(=O)[O-])C(=O)[C@H]31. The van der Waals surface area contributed by atoms with Crippen molar-refractivity contribution in [2.75, 3.05) is 13.1 Å². The van der Waals surface area contributed by atoms with E-state index in [1.54, 1.807) is 12.2 Å². The van der Waals surface area contributed by atoms with Crippen molar-refractivity contribution in [1.82, 2.24) is 9.80 Å². The topological polar surface area (TPSA) is 155 Å². The van der Waals surface area contributed by atoms with Gasteiger partial charge in [0.05, 0.1) is 23.7 Å². The molecule has 0 aromatic heterocycles. The van der Waals surface area contributed by atoms with Crippen molar-refractivity contribution in [1.29, 1.82) is 0 Å². The second-order valence-electron chi connectivity index (χ2n) is 7.54. The molecule has 1 saturated carbocycles. The summed E-state index contributed by atoms with van der Waals surface area (Å²) in [6, 6.07) is 0. The fourth-order valence-electron chi connectivity index (χ4n) is 5.20. The number of rotatable bonds is 6. The molecule has 0 spiro atoms. The Hall–Kier alpha value is -3.04. The Morgan fingerprint density at radius 1 is 0.679 bits per heavy atom. The van der Waals surface area contributed by atoms with E-state index in [1.807, 2.05) is 0 Å². The van der Waals surface area contributed by atoms with Crippen molar-refractivity contribution in [3.05, 3.63) is 12.2 Å². The maximum absolute atomic E-state index is 12.8. The normalized spacial score (nSPS) is 35.6. The van der Waals surface area contributed by atoms with E-state index in [0.717, 1.165) is 9.80 Å². The molecular weight excluding hydrogens is 372 g/mol. The van der Waals surface area contributed by atoms with E-state index >= 15 is 0 Å². The highest BCUT2D eigenvalue weighted by Crippen LogP contribution is 2.57. The third kappa shape index (κ3) is 2.40. The third-order valence-corrected chi connectivity index (χ3v) is 6.27. The largest absolute Gasteiger partial charge is 0.550 e. The van der Waals surface area contributed by atoms with E-state index in [2.05, 4.69) is 0 Å². The van der Waals surface area contributed by atoms with E-state index < -0.39 is 83.9 Å². The van der Waals surface area contributed by atoms with Crippen LogP contribution in [0.5, 0.6) is 0 Å². The van der Waals surface area contributed by atoms with Crippen LogP contribution in [0, 0.1) is 35.5 Å². The smallest absolute Gasteiger partial charge is 0.233 e. The van der Waals surface area contributed by atoms with E-state index in [4.69, 9.17) is 0 Å². The predicted octanol–water partition coefficient (Wildman–Crippen LogP) is -3.72. The molecule has 148 valence electrons. The first kappa shape index (κ1) is 18.3. The van der Waals surface area contributed by atoms with Crippen LogP contribution in [-0.4, -0.2) is 58.5 Å². The number of aliphatic carboxylic acids is 2. The van der Waals surface area contributed by atoms with Crippen LogP contribution < -0.4 is 10.2 Å². The number of allylic oxidation sites excluding steroid dienone is 2. The second kappa shape index (κ2) is 6.25. The molecule has 5 aliphatic rings. The molecule has 0 N–H and O–H groups in total. The summed E-state index contributed by atoms with van der Waals surface area (Å²) in [5.41, 5.74) is 0. The zero-order valence-corrected chi connectivity index (χ0v) is 14.6. The van der Waals surface area contributed by atoms with Gasteiger partial charge < -0.3 is 19.8 Å². The van der Waals surface area contributed by atoms with Crippen LogP contribution in [0.25, 0.3) is 0 Å². The highest BCUT2D eigenvalue weighted by atomic mass is 16.4. The van der Waals surface area contributed by atoms with Gasteiger partial charge in [0.1, 0.15) is 0 Å². The molecule has 10 nitrogen and oxygen atoms in total. The summed E-state index contributed by atoms with van der Waals surface area (Å²) in [7, 11) is 0. The van der Waals surface area contributed by atoms with Crippen LogP contribution >= 0.6 is 0 Å².